The number of ether oxygens (including phenoxy) is 1. The molecule has 0 unspecified atom stereocenters. The van der Waals surface area contributed by atoms with E-state index in [1.165, 1.54) is 0 Å². The molecule has 4 nitrogen and oxygen atoms in total. The number of nitrogens with two attached hydrogens (primary N) is 1. The number of aliphatic hydroxyl groups is 1. The van der Waals surface area contributed by atoms with E-state index in [-0.39, 0.29) is 11.5 Å². The fraction of sp³-hybridized carbons (Fsp3) is 0.889. The minimum absolute atomic E-state index is 0.179. The molecule has 1 rings (SSSR count). The third kappa shape index (κ3) is 1.77. The second-order valence-electron chi connectivity index (χ2n) is 4.73. The summed E-state index contributed by atoms with van der Waals surface area (Å²) >= 11 is 0. The smallest absolute Gasteiger partial charge is 0.405 e. The molecule has 1 fully saturated rings. The second-order valence-corrected chi connectivity index (χ2v) is 4.73. The lowest BCUT2D eigenvalue weighted by Gasteiger charge is -2.52. The number of hydrogen-bond acceptors (Lipinski definition) is 3. The summed E-state index contributed by atoms with van der Waals surface area (Å²) in [6, 6.07) is 0. The van der Waals surface area contributed by atoms with Gasteiger partial charge in [0.2, 0.25) is 0 Å². The molecular weight excluding hydrogens is 170 g/mol. The number of hydrogen-bond donors (Lipinski definition) is 2. The molecule has 0 aromatic heterocycles. The summed E-state index contributed by atoms with van der Waals surface area (Å²) in [4.78, 5) is 10.7. The van der Waals surface area contributed by atoms with Gasteiger partial charge in [0, 0.05) is 18.3 Å². The van der Waals surface area contributed by atoms with Gasteiger partial charge in [-0.2, -0.15) is 0 Å². The average molecular weight is 187 g/mol. The molecule has 0 aromatic rings. The minimum Gasteiger partial charge on any atom is -0.442 e. The number of rotatable bonds is 1. The van der Waals surface area contributed by atoms with Gasteiger partial charge >= 0.3 is 6.09 Å². The first-order chi connectivity index (χ1) is 5.77. The van der Waals surface area contributed by atoms with Crippen LogP contribution in [0.4, 0.5) is 4.79 Å². The van der Waals surface area contributed by atoms with Crippen LogP contribution in [0.3, 0.4) is 0 Å². The number of carbonyl (C=O) groups excluding carboxylic acids is 1. The Morgan fingerprint density at radius 2 is 2.00 bits per heavy atom. The van der Waals surface area contributed by atoms with E-state index in [1.54, 1.807) is 0 Å². The minimum atomic E-state index is -0.762. The van der Waals surface area contributed by atoms with Crippen molar-refractivity contribution >= 4 is 6.09 Å². The summed E-state index contributed by atoms with van der Waals surface area (Å²) in [7, 11) is 0. The number of aliphatic hydroxyl groups excluding tert-OH is 1. The average Bonchev–Trinajstić information content (AvgIpc) is 1.79. The van der Waals surface area contributed by atoms with Crippen LogP contribution in [0.25, 0.3) is 0 Å². The van der Waals surface area contributed by atoms with Crippen LogP contribution in [0.15, 0.2) is 0 Å². The summed E-state index contributed by atoms with van der Waals surface area (Å²) in [6.07, 6.45) is -0.154. The topological polar surface area (TPSA) is 72.5 Å². The van der Waals surface area contributed by atoms with Gasteiger partial charge in [0.1, 0.15) is 5.60 Å². The van der Waals surface area contributed by atoms with Crippen molar-refractivity contribution in [3.05, 3.63) is 0 Å². The van der Waals surface area contributed by atoms with Crippen LogP contribution in [0.5, 0.6) is 0 Å². The van der Waals surface area contributed by atoms with E-state index in [0.717, 1.165) is 0 Å². The molecular formula is C9H17NO3. The fourth-order valence-corrected chi connectivity index (χ4v) is 1.74. The van der Waals surface area contributed by atoms with Crippen LogP contribution in [0, 0.1) is 5.41 Å². The van der Waals surface area contributed by atoms with E-state index in [1.807, 2.05) is 20.8 Å². The Morgan fingerprint density at radius 1 is 1.54 bits per heavy atom. The van der Waals surface area contributed by atoms with Crippen LogP contribution in [-0.2, 0) is 4.74 Å². The van der Waals surface area contributed by atoms with Crippen molar-refractivity contribution in [2.45, 2.75) is 45.3 Å². The highest BCUT2D eigenvalue weighted by molar-refractivity contribution is 5.65. The molecule has 13 heavy (non-hydrogen) atoms. The highest BCUT2D eigenvalue weighted by Gasteiger charge is 2.54. The normalized spacial score (nSPS) is 33.7. The number of carbonyl (C=O) groups is 1. The zero-order valence-corrected chi connectivity index (χ0v) is 8.33. The lowest BCUT2D eigenvalue weighted by molar-refractivity contribution is -0.172. The van der Waals surface area contributed by atoms with Gasteiger partial charge in [0.25, 0.3) is 0 Å². The van der Waals surface area contributed by atoms with E-state index >= 15 is 0 Å². The zero-order chi connectivity index (χ0) is 10.3. The summed E-state index contributed by atoms with van der Waals surface area (Å²) in [5.41, 5.74) is 4.24. The third-order valence-electron chi connectivity index (χ3n) is 2.79. The molecule has 0 aromatic carbocycles. The molecule has 0 radical (unpaired) electrons. The van der Waals surface area contributed by atoms with Gasteiger partial charge in [-0.05, 0) is 0 Å². The molecule has 76 valence electrons. The van der Waals surface area contributed by atoms with Crippen molar-refractivity contribution < 1.29 is 14.6 Å². The van der Waals surface area contributed by atoms with Crippen molar-refractivity contribution in [1.29, 1.82) is 0 Å². The zero-order valence-electron chi connectivity index (χ0n) is 8.33. The summed E-state index contributed by atoms with van der Waals surface area (Å²) in [6.45, 7) is 5.92. The van der Waals surface area contributed by atoms with E-state index in [2.05, 4.69) is 0 Å². The molecule has 1 aliphatic rings. The first kappa shape index (κ1) is 10.3. The van der Waals surface area contributed by atoms with Crippen LogP contribution in [-0.4, -0.2) is 22.9 Å². The Labute approximate surface area is 78.1 Å². The van der Waals surface area contributed by atoms with Crippen molar-refractivity contribution in [2.75, 3.05) is 0 Å². The highest BCUT2D eigenvalue weighted by atomic mass is 16.6. The van der Waals surface area contributed by atoms with E-state index in [0.29, 0.717) is 12.8 Å². The Hall–Kier alpha value is -0.770. The Bertz CT molecular complexity index is 213. The molecule has 1 amide bonds. The SMILES string of the molecule is CC(C)(C)[C@]1(OC(N)=O)C[C@H](O)C1. The van der Waals surface area contributed by atoms with Crippen LogP contribution in [0.2, 0.25) is 0 Å². The first-order valence-electron chi connectivity index (χ1n) is 4.43. The molecule has 0 atom stereocenters. The maximum atomic E-state index is 10.7. The standard InChI is InChI=1S/C9H17NO3/c1-8(2,3)9(13-7(10)12)4-6(11)5-9/h6,11H,4-5H2,1-3H3,(H2,10,12)/t6-,9-. The molecule has 0 aliphatic heterocycles. The van der Waals surface area contributed by atoms with Gasteiger partial charge in [-0.1, -0.05) is 20.8 Å². The number of amides is 1. The van der Waals surface area contributed by atoms with Gasteiger partial charge in [-0.3, -0.25) is 0 Å². The maximum Gasteiger partial charge on any atom is 0.405 e. The van der Waals surface area contributed by atoms with Crippen molar-refractivity contribution in [1.82, 2.24) is 0 Å². The van der Waals surface area contributed by atoms with Crippen LogP contribution >= 0.6 is 0 Å². The van der Waals surface area contributed by atoms with Crippen molar-refractivity contribution in [2.24, 2.45) is 11.1 Å². The molecule has 0 bridgehead atoms. The molecule has 1 aliphatic carbocycles. The number of primary amides is 1. The summed E-state index contributed by atoms with van der Waals surface area (Å²) in [5.74, 6) is 0. The predicted molar refractivity (Wildman–Crippen MR) is 48.1 cm³/mol. The van der Waals surface area contributed by atoms with Gasteiger partial charge in [0.15, 0.2) is 0 Å². The van der Waals surface area contributed by atoms with Gasteiger partial charge in [-0.15, -0.1) is 0 Å². The lowest BCUT2D eigenvalue weighted by Crippen LogP contribution is -2.59. The maximum absolute atomic E-state index is 10.7. The Kier molecular flexibility index (Phi) is 2.28. The monoisotopic (exact) mass is 187 g/mol. The van der Waals surface area contributed by atoms with E-state index < -0.39 is 11.7 Å². The van der Waals surface area contributed by atoms with Crippen LogP contribution < -0.4 is 5.73 Å². The van der Waals surface area contributed by atoms with Crippen LogP contribution in [0.1, 0.15) is 33.6 Å². The molecule has 0 heterocycles. The first-order valence-corrected chi connectivity index (χ1v) is 4.43. The molecule has 3 N–H and O–H groups in total. The van der Waals surface area contributed by atoms with Crippen molar-refractivity contribution in [3.63, 3.8) is 0 Å². The van der Waals surface area contributed by atoms with Gasteiger partial charge in [-0.25, -0.2) is 4.79 Å². The Balaban J connectivity index is 2.73. The lowest BCUT2D eigenvalue weighted by atomic mass is 9.62. The quantitative estimate of drug-likeness (QED) is 0.643. The highest BCUT2D eigenvalue weighted by Crippen LogP contribution is 2.48. The largest absolute Gasteiger partial charge is 0.442 e. The van der Waals surface area contributed by atoms with Gasteiger partial charge < -0.3 is 15.6 Å². The fourth-order valence-electron chi connectivity index (χ4n) is 1.74. The summed E-state index contributed by atoms with van der Waals surface area (Å²) in [5, 5.41) is 9.23. The third-order valence-corrected chi connectivity index (χ3v) is 2.79. The molecule has 0 spiro atoms. The van der Waals surface area contributed by atoms with E-state index in [9.17, 15) is 9.90 Å². The Morgan fingerprint density at radius 3 is 2.23 bits per heavy atom. The molecule has 1 saturated carbocycles. The van der Waals surface area contributed by atoms with E-state index in [4.69, 9.17) is 10.5 Å². The molecule has 4 heteroatoms. The summed E-state index contributed by atoms with van der Waals surface area (Å²) < 4.78 is 5.09. The second kappa shape index (κ2) is 2.87. The predicted octanol–water partition coefficient (Wildman–Crippen LogP) is 1.02. The van der Waals surface area contributed by atoms with Crippen molar-refractivity contribution in [3.8, 4) is 0 Å². The molecule has 0 saturated heterocycles. The van der Waals surface area contributed by atoms with Gasteiger partial charge in [0.05, 0.1) is 6.10 Å².